The Bertz CT molecular complexity index is 888. The maximum atomic E-state index is 13.5. The molecule has 0 heterocycles. The molecule has 2 rings (SSSR count). The first kappa shape index (κ1) is 20.1. The molecule has 0 aliphatic carbocycles. The molecule has 0 fully saturated rings. The van der Waals surface area contributed by atoms with Crippen LogP contribution < -0.4 is 10.0 Å². The minimum absolute atomic E-state index is 0.197. The van der Waals surface area contributed by atoms with Gasteiger partial charge in [0, 0.05) is 6.54 Å². The van der Waals surface area contributed by atoms with Gasteiger partial charge in [-0.05, 0) is 49.9 Å². The van der Waals surface area contributed by atoms with Gasteiger partial charge in [-0.15, -0.1) is 0 Å². The van der Waals surface area contributed by atoms with Crippen molar-refractivity contribution in [3.05, 3.63) is 64.5 Å². The van der Waals surface area contributed by atoms with Crippen molar-refractivity contribution in [2.24, 2.45) is 0 Å². The van der Waals surface area contributed by atoms with Gasteiger partial charge in [-0.3, -0.25) is 4.79 Å². The van der Waals surface area contributed by atoms with Crippen molar-refractivity contribution in [2.75, 3.05) is 13.1 Å². The Hall–Kier alpha value is -2.25. The van der Waals surface area contributed by atoms with Gasteiger partial charge in [-0.25, -0.2) is 17.5 Å². The second-order valence-corrected chi connectivity index (χ2v) is 7.95. The topological polar surface area (TPSA) is 75.3 Å². The van der Waals surface area contributed by atoms with E-state index >= 15 is 0 Å². The monoisotopic (exact) mass is 378 g/mol. The highest BCUT2D eigenvalue weighted by molar-refractivity contribution is 7.89. The van der Waals surface area contributed by atoms with E-state index in [1.165, 1.54) is 6.07 Å². The second-order valence-electron chi connectivity index (χ2n) is 6.24. The third-order valence-corrected chi connectivity index (χ3v) is 5.68. The number of nitrogens with one attached hydrogen (secondary N) is 2. The zero-order valence-corrected chi connectivity index (χ0v) is 15.9. The summed E-state index contributed by atoms with van der Waals surface area (Å²) in [5.74, 6) is -0.792. The molecule has 140 valence electrons. The van der Waals surface area contributed by atoms with Gasteiger partial charge in [0.05, 0.1) is 11.4 Å². The fraction of sp³-hybridized carbons (Fsp3) is 0.316. The highest BCUT2D eigenvalue weighted by atomic mass is 32.2. The summed E-state index contributed by atoms with van der Waals surface area (Å²) in [6, 6.07) is 9.90. The van der Waals surface area contributed by atoms with Crippen LogP contribution in [0, 0.1) is 26.6 Å². The van der Waals surface area contributed by atoms with Crippen molar-refractivity contribution in [2.45, 2.75) is 32.1 Å². The lowest BCUT2D eigenvalue weighted by Crippen LogP contribution is -2.38. The molecule has 2 N–H and O–H groups in total. The highest BCUT2D eigenvalue weighted by Crippen LogP contribution is 2.21. The Labute approximate surface area is 153 Å². The third kappa shape index (κ3) is 5.12. The molecule has 0 aliphatic heterocycles. The van der Waals surface area contributed by atoms with E-state index in [2.05, 4.69) is 10.0 Å². The SMILES string of the molecule is Cc1cc(C)c(S(=O)(=O)NCC(=O)NCCc2ccccc2F)c(C)c1. The summed E-state index contributed by atoms with van der Waals surface area (Å²) in [7, 11) is -3.79. The fourth-order valence-corrected chi connectivity index (χ4v) is 4.35. The number of sulfonamides is 1. The number of hydrogen-bond acceptors (Lipinski definition) is 3. The predicted octanol–water partition coefficient (Wildman–Crippen LogP) is 2.39. The fourth-order valence-electron chi connectivity index (χ4n) is 2.92. The van der Waals surface area contributed by atoms with Crippen molar-refractivity contribution in [1.29, 1.82) is 0 Å². The van der Waals surface area contributed by atoms with Gasteiger partial charge in [0.15, 0.2) is 0 Å². The van der Waals surface area contributed by atoms with Crippen molar-refractivity contribution in [3.8, 4) is 0 Å². The molecule has 0 aromatic heterocycles. The van der Waals surface area contributed by atoms with Crippen LogP contribution in [0.25, 0.3) is 0 Å². The number of carbonyl (C=O) groups is 1. The molecular formula is C19H23FN2O3S. The summed E-state index contributed by atoms with van der Waals surface area (Å²) in [5.41, 5.74) is 2.74. The summed E-state index contributed by atoms with van der Waals surface area (Å²) < 4.78 is 40.8. The van der Waals surface area contributed by atoms with Crippen molar-refractivity contribution in [1.82, 2.24) is 10.0 Å². The van der Waals surface area contributed by atoms with E-state index in [4.69, 9.17) is 0 Å². The van der Waals surface area contributed by atoms with Crippen LogP contribution in [0.2, 0.25) is 0 Å². The summed E-state index contributed by atoms with van der Waals surface area (Å²) in [5, 5.41) is 2.59. The normalized spacial score (nSPS) is 11.4. The first-order chi connectivity index (χ1) is 12.2. The standard InChI is InChI=1S/C19H23FN2O3S/c1-13-10-14(2)19(15(3)11-13)26(24,25)22-12-18(23)21-9-8-16-6-4-5-7-17(16)20/h4-7,10-11,22H,8-9,12H2,1-3H3,(H,21,23). The molecule has 0 bridgehead atoms. The first-order valence-electron chi connectivity index (χ1n) is 8.28. The average molecular weight is 378 g/mol. The minimum atomic E-state index is -3.79. The van der Waals surface area contributed by atoms with Crippen molar-refractivity contribution >= 4 is 15.9 Å². The Morgan fingerprint density at radius 2 is 1.69 bits per heavy atom. The molecule has 5 nitrogen and oxygen atoms in total. The summed E-state index contributed by atoms with van der Waals surface area (Å²) in [4.78, 5) is 12.1. The lowest BCUT2D eigenvalue weighted by Gasteiger charge is -2.13. The molecule has 0 atom stereocenters. The van der Waals surface area contributed by atoms with Gasteiger partial charge in [0.1, 0.15) is 5.82 Å². The molecule has 2 aromatic rings. The van der Waals surface area contributed by atoms with Crippen LogP contribution in [-0.4, -0.2) is 27.4 Å². The van der Waals surface area contributed by atoms with Crippen LogP contribution in [0.5, 0.6) is 0 Å². The predicted molar refractivity (Wildman–Crippen MR) is 99.0 cm³/mol. The van der Waals surface area contributed by atoms with E-state index in [1.807, 2.05) is 6.92 Å². The Morgan fingerprint density at radius 1 is 1.08 bits per heavy atom. The number of halogens is 1. The number of amides is 1. The number of aryl methyl sites for hydroxylation is 3. The third-order valence-electron chi connectivity index (χ3n) is 3.97. The number of rotatable bonds is 7. The first-order valence-corrected chi connectivity index (χ1v) is 9.76. The van der Waals surface area contributed by atoms with E-state index < -0.39 is 15.9 Å². The molecule has 2 aromatic carbocycles. The van der Waals surface area contributed by atoms with Crippen molar-refractivity contribution in [3.63, 3.8) is 0 Å². The molecule has 0 aliphatic rings. The van der Waals surface area contributed by atoms with Crippen LogP contribution >= 0.6 is 0 Å². The van der Waals surface area contributed by atoms with E-state index in [1.54, 1.807) is 44.2 Å². The summed E-state index contributed by atoms with van der Waals surface area (Å²) >= 11 is 0. The Kier molecular flexibility index (Phi) is 6.50. The maximum Gasteiger partial charge on any atom is 0.241 e. The van der Waals surface area contributed by atoms with Gasteiger partial charge < -0.3 is 5.32 Å². The Balaban J connectivity index is 1.91. The lowest BCUT2D eigenvalue weighted by molar-refractivity contribution is -0.119. The summed E-state index contributed by atoms with van der Waals surface area (Å²) in [6.45, 7) is 5.20. The van der Waals surface area contributed by atoms with Crippen LogP contribution in [0.4, 0.5) is 4.39 Å². The average Bonchev–Trinajstić information content (AvgIpc) is 2.53. The molecule has 1 amide bonds. The lowest BCUT2D eigenvalue weighted by atomic mass is 10.1. The molecule has 0 unspecified atom stereocenters. The van der Waals surface area contributed by atoms with Gasteiger partial charge in [-0.1, -0.05) is 35.9 Å². The molecule has 26 heavy (non-hydrogen) atoms. The number of carbonyl (C=O) groups excluding carboxylic acids is 1. The molecule has 0 radical (unpaired) electrons. The quantitative estimate of drug-likeness (QED) is 0.777. The smallest absolute Gasteiger partial charge is 0.241 e. The summed E-state index contributed by atoms with van der Waals surface area (Å²) in [6.07, 6.45) is 0.335. The molecular weight excluding hydrogens is 355 g/mol. The zero-order chi connectivity index (χ0) is 19.3. The molecule has 0 saturated heterocycles. The van der Waals surface area contributed by atoms with Crippen LogP contribution in [0.3, 0.4) is 0 Å². The van der Waals surface area contributed by atoms with Crippen molar-refractivity contribution < 1.29 is 17.6 Å². The highest BCUT2D eigenvalue weighted by Gasteiger charge is 2.20. The van der Waals surface area contributed by atoms with E-state index in [0.29, 0.717) is 23.1 Å². The molecule has 0 saturated carbocycles. The molecule has 0 spiro atoms. The number of hydrogen-bond donors (Lipinski definition) is 2. The van der Waals surface area contributed by atoms with E-state index in [9.17, 15) is 17.6 Å². The zero-order valence-electron chi connectivity index (χ0n) is 15.1. The number of benzene rings is 2. The second kappa shape index (κ2) is 8.42. The van der Waals surface area contributed by atoms with Gasteiger partial charge in [-0.2, -0.15) is 0 Å². The maximum absolute atomic E-state index is 13.5. The van der Waals surface area contributed by atoms with Gasteiger partial charge >= 0.3 is 0 Å². The minimum Gasteiger partial charge on any atom is -0.355 e. The van der Waals surface area contributed by atoms with Gasteiger partial charge in [0.2, 0.25) is 15.9 Å². The Morgan fingerprint density at radius 3 is 2.31 bits per heavy atom. The molecule has 7 heteroatoms. The largest absolute Gasteiger partial charge is 0.355 e. The van der Waals surface area contributed by atoms with Gasteiger partial charge in [0.25, 0.3) is 0 Å². The van der Waals surface area contributed by atoms with Crippen LogP contribution in [0.1, 0.15) is 22.3 Å². The van der Waals surface area contributed by atoms with Crippen LogP contribution in [-0.2, 0) is 21.2 Å². The van der Waals surface area contributed by atoms with Crippen LogP contribution in [0.15, 0.2) is 41.3 Å². The van der Waals surface area contributed by atoms with E-state index in [-0.39, 0.29) is 23.8 Å². The van der Waals surface area contributed by atoms with E-state index in [0.717, 1.165) is 5.56 Å².